The van der Waals surface area contributed by atoms with Crippen LogP contribution in [-0.4, -0.2) is 15.6 Å². The van der Waals surface area contributed by atoms with Gasteiger partial charge in [-0.15, -0.1) is 0 Å². The van der Waals surface area contributed by atoms with Crippen LogP contribution in [-0.2, 0) is 17.8 Å². The Balaban J connectivity index is 1.57. The number of fused-ring (bicyclic) bond motifs is 1. The van der Waals surface area contributed by atoms with E-state index < -0.39 is 12.0 Å². The van der Waals surface area contributed by atoms with Crippen LogP contribution in [0.25, 0.3) is 10.9 Å². The second-order valence-electron chi connectivity index (χ2n) is 7.06. The number of hydrogen-bond donors (Lipinski definition) is 1. The number of benzene rings is 3. The molecule has 0 spiro atoms. The predicted octanol–water partition coefficient (Wildman–Crippen LogP) is 5.48. The van der Waals surface area contributed by atoms with Gasteiger partial charge >= 0.3 is 5.97 Å². The molecule has 0 aliphatic rings. The van der Waals surface area contributed by atoms with Gasteiger partial charge in [0.1, 0.15) is 18.4 Å². The molecule has 1 heterocycles. The molecule has 4 aromatic rings. The maximum Gasteiger partial charge on any atom is 0.326 e. The molecule has 1 aromatic heterocycles. The Bertz CT molecular complexity index is 1090. The molecule has 4 heteroatoms. The van der Waals surface area contributed by atoms with E-state index in [4.69, 9.17) is 4.74 Å². The molecule has 4 rings (SSSR count). The van der Waals surface area contributed by atoms with Crippen LogP contribution in [0.2, 0.25) is 0 Å². The van der Waals surface area contributed by atoms with Crippen molar-refractivity contribution in [2.75, 3.05) is 0 Å². The summed E-state index contributed by atoms with van der Waals surface area (Å²) in [5.41, 5.74) is 3.10. The van der Waals surface area contributed by atoms with Gasteiger partial charge in [0.25, 0.3) is 0 Å². The highest BCUT2D eigenvalue weighted by Crippen LogP contribution is 2.30. The number of ether oxygens (including phenoxy) is 1. The number of aryl methyl sites for hydroxylation is 1. The molecule has 0 saturated heterocycles. The Hall–Kier alpha value is -3.53. The molecule has 0 aliphatic heterocycles. The van der Waals surface area contributed by atoms with Gasteiger partial charge in [-0.2, -0.15) is 0 Å². The van der Waals surface area contributed by atoms with Gasteiger partial charge in [0.05, 0.1) is 5.52 Å². The van der Waals surface area contributed by atoms with E-state index in [1.165, 1.54) is 0 Å². The molecule has 0 radical (unpaired) electrons. The minimum atomic E-state index is -0.825. The monoisotopic (exact) mass is 385 g/mol. The van der Waals surface area contributed by atoms with Crippen molar-refractivity contribution < 1.29 is 14.6 Å². The molecule has 1 N–H and O–H groups in total. The van der Waals surface area contributed by atoms with E-state index in [0.717, 1.165) is 27.8 Å². The van der Waals surface area contributed by atoms with Crippen LogP contribution in [0.3, 0.4) is 0 Å². The third-order valence-corrected chi connectivity index (χ3v) is 5.13. The maximum absolute atomic E-state index is 12.0. The fourth-order valence-electron chi connectivity index (χ4n) is 3.62. The largest absolute Gasteiger partial charge is 0.488 e. The van der Waals surface area contributed by atoms with E-state index >= 15 is 0 Å². The van der Waals surface area contributed by atoms with Gasteiger partial charge in [-0.05, 0) is 42.2 Å². The average Bonchev–Trinajstić information content (AvgIpc) is 3.18. The van der Waals surface area contributed by atoms with Crippen LogP contribution in [0.5, 0.6) is 5.75 Å². The number of nitrogens with zero attached hydrogens (tertiary/aromatic N) is 1. The summed E-state index contributed by atoms with van der Waals surface area (Å²) < 4.78 is 7.87. The van der Waals surface area contributed by atoms with Crippen LogP contribution in [0.15, 0.2) is 91.1 Å². The fraction of sp³-hybridized carbons (Fsp3) is 0.160. The summed E-state index contributed by atoms with van der Waals surface area (Å²) in [6.45, 7) is 0.474. The van der Waals surface area contributed by atoms with Crippen molar-refractivity contribution in [3.8, 4) is 5.75 Å². The SMILES string of the molecule is O=C(O)C(CCc1ccccc1)n1ccc2c(OCc3ccccc3)cccc21. The van der Waals surface area contributed by atoms with Crippen molar-refractivity contribution in [3.63, 3.8) is 0 Å². The Labute approximate surface area is 170 Å². The number of carbonyl (C=O) groups is 1. The normalized spacial score (nSPS) is 12.0. The Morgan fingerprint density at radius 3 is 2.24 bits per heavy atom. The lowest BCUT2D eigenvalue weighted by molar-refractivity contribution is -0.141. The summed E-state index contributed by atoms with van der Waals surface area (Å²) in [4.78, 5) is 12.0. The van der Waals surface area contributed by atoms with Crippen molar-refractivity contribution in [2.24, 2.45) is 0 Å². The highest BCUT2D eigenvalue weighted by molar-refractivity contribution is 5.88. The third kappa shape index (κ3) is 4.32. The maximum atomic E-state index is 12.0. The molecule has 0 saturated carbocycles. The van der Waals surface area contributed by atoms with Gasteiger partial charge in [-0.1, -0.05) is 66.7 Å². The molecular weight excluding hydrogens is 362 g/mol. The van der Waals surface area contributed by atoms with Crippen LogP contribution in [0.4, 0.5) is 0 Å². The average molecular weight is 385 g/mol. The number of aromatic nitrogens is 1. The van der Waals surface area contributed by atoms with Crippen molar-refractivity contribution in [1.29, 1.82) is 0 Å². The zero-order valence-electron chi connectivity index (χ0n) is 16.1. The van der Waals surface area contributed by atoms with E-state index in [1.54, 1.807) is 0 Å². The first-order valence-electron chi connectivity index (χ1n) is 9.75. The summed E-state index contributed by atoms with van der Waals surface area (Å²) >= 11 is 0. The molecule has 1 atom stereocenters. The quantitative estimate of drug-likeness (QED) is 0.437. The summed E-state index contributed by atoms with van der Waals surface area (Å²) in [5.74, 6) is -0.0636. The van der Waals surface area contributed by atoms with Crippen molar-refractivity contribution in [3.05, 3.63) is 102 Å². The zero-order valence-corrected chi connectivity index (χ0v) is 16.1. The summed E-state index contributed by atoms with van der Waals surface area (Å²) in [7, 11) is 0. The molecule has 4 nitrogen and oxygen atoms in total. The topological polar surface area (TPSA) is 51.5 Å². The molecule has 146 valence electrons. The molecular formula is C25H23NO3. The summed E-state index contributed by atoms with van der Waals surface area (Å²) in [5, 5.41) is 10.8. The third-order valence-electron chi connectivity index (χ3n) is 5.13. The van der Waals surface area contributed by atoms with Crippen molar-refractivity contribution in [2.45, 2.75) is 25.5 Å². The molecule has 3 aromatic carbocycles. The minimum absolute atomic E-state index is 0.474. The van der Waals surface area contributed by atoms with Crippen LogP contribution < -0.4 is 4.74 Å². The molecule has 0 aliphatic carbocycles. The zero-order chi connectivity index (χ0) is 20.1. The molecule has 1 unspecified atom stereocenters. The Morgan fingerprint density at radius 1 is 0.862 bits per heavy atom. The summed E-state index contributed by atoms with van der Waals surface area (Å²) in [6.07, 6.45) is 3.09. The smallest absolute Gasteiger partial charge is 0.326 e. The molecule has 0 bridgehead atoms. The first kappa shape index (κ1) is 18.8. The molecule has 0 fully saturated rings. The second-order valence-corrected chi connectivity index (χ2v) is 7.06. The van der Waals surface area contributed by atoms with Crippen molar-refractivity contribution in [1.82, 2.24) is 4.57 Å². The molecule has 0 amide bonds. The number of aliphatic carboxylic acids is 1. The molecule has 29 heavy (non-hydrogen) atoms. The number of hydrogen-bond acceptors (Lipinski definition) is 2. The van der Waals surface area contributed by atoms with E-state index in [2.05, 4.69) is 0 Å². The first-order valence-corrected chi connectivity index (χ1v) is 9.75. The predicted molar refractivity (Wildman–Crippen MR) is 114 cm³/mol. The van der Waals surface area contributed by atoms with Crippen molar-refractivity contribution >= 4 is 16.9 Å². The highest BCUT2D eigenvalue weighted by atomic mass is 16.5. The van der Waals surface area contributed by atoms with E-state index in [0.29, 0.717) is 19.4 Å². The van der Waals surface area contributed by atoms with Gasteiger partial charge in [0.2, 0.25) is 0 Å². The second kappa shape index (κ2) is 8.65. The number of rotatable bonds is 8. The fourth-order valence-corrected chi connectivity index (χ4v) is 3.62. The standard InChI is InChI=1S/C25H23NO3/c27-25(28)23(15-14-19-8-3-1-4-9-19)26-17-16-21-22(26)12-7-13-24(21)29-18-20-10-5-2-6-11-20/h1-13,16-17,23H,14-15,18H2,(H,27,28). The van der Waals surface area contributed by atoms with Gasteiger partial charge in [-0.3, -0.25) is 0 Å². The van der Waals surface area contributed by atoms with Gasteiger partial charge in [0, 0.05) is 11.6 Å². The van der Waals surface area contributed by atoms with Crippen LogP contribution >= 0.6 is 0 Å². The Kier molecular flexibility index (Phi) is 5.61. The number of carboxylic acid groups (broad SMARTS) is 1. The van der Waals surface area contributed by atoms with E-state index in [1.807, 2.05) is 95.7 Å². The van der Waals surface area contributed by atoms with Gasteiger partial charge < -0.3 is 14.4 Å². The first-order chi connectivity index (χ1) is 14.2. The highest BCUT2D eigenvalue weighted by Gasteiger charge is 2.21. The number of carboxylic acids is 1. The lowest BCUT2D eigenvalue weighted by Gasteiger charge is -2.16. The minimum Gasteiger partial charge on any atom is -0.488 e. The van der Waals surface area contributed by atoms with E-state index in [-0.39, 0.29) is 0 Å². The van der Waals surface area contributed by atoms with E-state index in [9.17, 15) is 9.90 Å². The Morgan fingerprint density at radius 2 is 1.55 bits per heavy atom. The van der Waals surface area contributed by atoms with Gasteiger partial charge in [-0.25, -0.2) is 4.79 Å². The van der Waals surface area contributed by atoms with Gasteiger partial charge in [0.15, 0.2) is 0 Å². The van der Waals surface area contributed by atoms with Crippen LogP contribution in [0, 0.1) is 0 Å². The van der Waals surface area contributed by atoms with Crippen LogP contribution in [0.1, 0.15) is 23.6 Å². The lowest BCUT2D eigenvalue weighted by atomic mass is 10.0. The lowest BCUT2D eigenvalue weighted by Crippen LogP contribution is -2.19. The summed E-state index contributed by atoms with van der Waals surface area (Å²) in [6, 6.07) is 27.1.